The number of aromatic nitrogens is 4. The first-order chi connectivity index (χ1) is 10.2. The van der Waals surface area contributed by atoms with Gasteiger partial charge >= 0.3 is 0 Å². The predicted molar refractivity (Wildman–Crippen MR) is 77.1 cm³/mol. The van der Waals surface area contributed by atoms with E-state index in [2.05, 4.69) is 15.1 Å². The average Bonchev–Trinajstić information content (AvgIpc) is 3.06. The minimum absolute atomic E-state index is 0.0569. The maximum Gasteiger partial charge on any atom is 0.228 e. The Morgan fingerprint density at radius 2 is 2.14 bits per heavy atom. The molecule has 0 atom stereocenters. The van der Waals surface area contributed by atoms with Gasteiger partial charge in [-0.25, -0.2) is 9.37 Å². The molecule has 0 amide bonds. The van der Waals surface area contributed by atoms with Crippen molar-refractivity contribution in [2.24, 2.45) is 0 Å². The first-order valence-electron chi connectivity index (χ1n) is 6.34. The number of nitrogens with zero attached hydrogens (tertiary/aromatic N) is 4. The maximum absolute atomic E-state index is 13.7. The highest BCUT2D eigenvalue weighted by Crippen LogP contribution is 2.24. The van der Waals surface area contributed by atoms with Crippen molar-refractivity contribution in [3.05, 3.63) is 41.0 Å². The fourth-order valence-corrected chi connectivity index (χ4v) is 2.54. The third-order valence-electron chi connectivity index (χ3n) is 3.14. The van der Waals surface area contributed by atoms with E-state index in [1.54, 1.807) is 0 Å². The van der Waals surface area contributed by atoms with Crippen LogP contribution in [0.4, 0.5) is 4.39 Å². The number of rotatable bonds is 5. The van der Waals surface area contributed by atoms with Crippen LogP contribution in [0.15, 0.2) is 23.0 Å². The lowest BCUT2D eigenvalue weighted by molar-refractivity contribution is 0.371. The van der Waals surface area contributed by atoms with Gasteiger partial charge < -0.3 is 9.09 Å². The Morgan fingerprint density at radius 3 is 2.86 bits per heavy atom. The Morgan fingerprint density at radius 1 is 1.29 bits per heavy atom. The second-order valence-electron chi connectivity index (χ2n) is 4.46. The third kappa shape index (κ3) is 2.87. The van der Waals surface area contributed by atoms with Gasteiger partial charge in [-0.2, -0.15) is 4.98 Å². The number of aryl methyl sites for hydroxylation is 3. The molecule has 8 heteroatoms. The Kier molecular flexibility index (Phi) is 4.07. The zero-order chi connectivity index (χ0) is 14.8. The summed E-state index contributed by atoms with van der Waals surface area (Å²) >= 11 is 11.6. The van der Waals surface area contributed by atoms with Crippen LogP contribution in [0, 0.1) is 5.82 Å². The fraction of sp³-hybridized carbons (Fsp3) is 0.308. The van der Waals surface area contributed by atoms with Gasteiger partial charge in [-0.1, -0.05) is 16.8 Å². The van der Waals surface area contributed by atoms with E-state index >= 15 is 0 Å². The van der Waals surface area contributed by atoms with E-state index in [4.69, 9.17) is 27.7 Å². The average molecular weight is 329 g/mol. The van der Waals surface area contributed by atoms with Crippen molar-refractivity contribution in [1.82, 2.24) is 19.7 Å². The lowest BCUT2D eigenvalue weighted by atomic mass is 10.3. The van der Waals surface area contributed by atoms with Crippen LogP contribution in [0.25, 0.3) is 11.0 Å². The van der Waals surface area contributed by atoms with Gasteiger partial charge in [0.25, 0.3) is 0 Å². The molecule has 21 heavy (non-hydrogen) atoms. The Labute approximate surface area is 129 Å². The van der Waals surface area contributed by atoms with E-state index in [1.165, 1.54) is 18.5 Å². The van der Waals surface area contributed by atoms with Crippen molar-refractivity contribution in [3.63, 3.8) is 0 Å². The molecule has 0 aliphatic carbocycles. The minimum atomic E-state index is -0.472. The Hall–Kier alpha value is -1.66. The second-order valence-corrected chi connectivity index (χ2v) is 5.24. The lowest BCUT2D eigenvalue weighted by Crippen LogP contribution is -2.07. The largest absolute Gasteiger partial charge is 0.340 e. The zero-order valence-corrected chi connectivity index (χ0v) is 12.4. The molecular weight excluding hydrogens is 318 g/mol. The van der Waals surface area contributed by atoms with Gasteiger partial charge in [0.05, 0.1) is 16.1 Å². The van der Waals surface area contributed by atoms with Crippen molar-refractivity contribution >= 4 is 34.2 Å². The summed E-state index contributed by atoms with van der Waals surface area (Å²) in [6, 6.07) is 2.91. The summed E-state index contributed by atoms with van der Waals surface area (Å²) in [6.45, 7) is 0.548. The van der Waals surface area contributed by atoms with Crippen LogP contribution in [0.2, 0.25) is 5.02 Å². The van der Waals surface area contributed by atoms with E-state index in [0.717, 1.165) is 5.82 Å². The van der Waals surface area contributed by atoms with Gasteiger partial charge in [0.15, 0.2) is 6.33 Å². The minimum Gasteiger partial charge on any atom is -0.340 e. The molecule has 0 aliphatic rings. The predicted octanol–water partition coefficient (Wildman–Crippen LogP) is 3.24. The summed E-state index contributed by atoms with van der Waals surface area (Å²) in [5.74, 6) is 1.25. The number of alkyl halides is 1. The Bertz CT molecular complexity index is 757. The highest BCUT2D eigenvalue weighted by Gasteiger charge is 2.14. The first kappa shape index (κ1) is 14.3. The SMILES string of the molecule is Fc1cc2c(cc1Cl)nc(CCCl)n2CCc1ncno1. The van der Waals surface area contributed by atoms with Gasteiger partial charge in [0.2, 0.25) is 5.89 Å². The summed E-state index contributed by atoms with van der Waals surface area (Å²) in [6.07, 6.45) is 2.46. The van der Waals surface area contributed by atoms with Crippen LogP contribution in [-0.2, 0) is 19.4 Å². The fourth-order valence-electron chi connectivity index (χ4n) is 2.21. The number of imidazole rings is 1. The first-order valence-corrected chi connectivity index (χ1v) is 7.26. The van der Waals surface area contributed by atoms with Crippen molar-refractivity contribution in [2.75, 3.05) is 5.88 Å². The number of fused-ring (bicyclic) bond motifs is 1. The molecule has 0 radical (unpaired) electrons. The van der Waals surface area contributed by atoms with E-state index in [-0.39, 0.29) is 5.02 Å². The van der Waals surface area contributed by atoms with Gasteiger partial charge in [-0.3, -0.25) is 0 Å². The van der Waals surface area contributed by atoms with E-state index in [1.807, 2.05) is 4.57 Å². The second kappa shape index (κ2) is 5.99. The van der Waals surface area contributed by atoms with Crippen LogP contribution in [0.1, 0.15) is 11.7 Å². The van der Waals surface area contributed by atoms with Gasteiger partial charge in [-0.05, 0) is 6.07 Å². The van der Waals surface area contributed by atoms with E-state index in [9.17, 15) is 4.39 Å². The molecule has 3 aromatic rings. The maximum atomic E-state index is 13.7. The molecule has 0 fully saturated rings. The van der Waals surface area contributed by atoms with E-state index in [0.29, 0.717) is 42.2 Å². The van der Waals surface area contributed by atoms with Crippen LogP contribution in [0.5, 0.6) is 0 Å². The van der Waals surface area contributed by atoms with E-state index < -0.39 is 5.82 Å². The molecule has 0 bridgehead atoms. The van der Waals surface area contributed by atoms with Crippen molar-refractivity contribution in [2.45, 2.75) is 19.4 Å². The number of benzene rings is 1. The molecule has 3 rings (SSSR count). The topological polar surface area (TPSA) is 56.7 Å². The van der Waals surface area contributed by atoms with Crippen molar-refractivity contribution < 1.29 is 8.91 Å². The van der Waals surface area contributed by atoms with Crippen LogP contribution < -0.4 is 0 Å². The normalized spacial score (nSPS) is 11.4. The molecule has 0 saturated carbocycles. The highest BCUT2D eigenvalue weighted by atomic mass is 35.5. The van der Waals surface area contributed by atoms with Crippen molar-refractivity contribution in [1.29, 1.82) is 0 Å². The standard InChI is InChI=1S/C13H11Cl2FN4O/c14-3-1-12-19-10-5-8(15)9(16)6-11(10)20(12)4-2-13-17-7-18-21-13/h5-7H,1-4H2. The molecule has 0 aliphatic heterocycles. The molecule has 0 unspecified atom stereocenters. The van der Waals surface area contributed by atoms with Crippen LogP contribution >= 0.6 is 23.2 Å². The lowest BCUT2D eigenvalue weighted by Gasteiger charge is -2.07. The zero-order valence-electron chi connectivity index (χ0n) is 10.9. The van der Waals surface area contributed by atoms with Gasteiger partial charge in [0.1, 0.15) is 11.6 Å². The molecule has 0 N–H and O–H groups in total. The van der Waals surface area contributed by atoms with Crippen molar-refractivity contribution in [3.8, 4) is 0 Å². The molecule has 110 valence electrons. The van der Waals surface area contributed by atoms with Crippen LogP contribution in [-0.4, -0.2) is 25.6 Å². The molecule has 5 nitrogen and oxygen atoms in total. The monoisotopic (exact) mass is 328 g/mol. The number of halogens is 3. The highest BCUT2D eigenvalue weighted by molar-refractivity contribution is 6.31. The number of hydrogen-bond donors (Lipinski definition) is 0. The third-order valence-corrected chi connectivity index (χ3v) is 3.62. The number of hydrogen-bond acceptors (Lipinski definition) is 4. The molecule has 0 saturated heterocycles. The summed E-state index contributed by atoms with van der Waals surface area (Å²) in [5.41, 5.74) is 1.32. The summed E-state index contributed by atoms with van der Waals surface area (Å²) in [7, 11) is 0. The molecular formula is C13H11Cl2FN4O. The molecule has 1 aromatic carbocycles. The summed E-state index contributed by atoms with van der Waals surface area (Å²) in [4.78, 5) is 8.44. The molecule has 2 aromatic heterocycles. The summed E-state index contributed by atoms with van der Waals surface area (Å²) < 4.78 is 20.6. The van der Waals surface area contributed by atoms with Gasteiger partial charge in [-0.15, -0.1) is 11.6 Å². The summed E-state index contributed by atoms with van der Waals surface area (Å²) in [5, 5.41) is 3.62. The molecule has 2 heterocycles. The smallest absolute Gasteiger partial charge is 0.228 e. The Balaban J connectivity index is 2.00. The van der Waals surface area contributed by atoms with Crippen LogP contribution in [0.3, 0.4) is 0 Å². The quantitative estimate of drug-likeness (QED) is 0.675. The molecule has 0 spiro atoms. The van der Waals surface area contributed by atoms with Gasteiger partial charge in [0, 0.05) is 31.3 Å².